The highest BCUT2D eigenvalue weighted by molar-refractivity contribution is 7.18. The number of nitrogens with one attached hydrogen (secondary N) is 1. The molecule has 3 aromatic rings. The quantitative estimate of drug-likeness (QED) is 0.620. The van der Waals surface area contributed by atoms with Crippen LogP contribution in [0.15, 0.2) is 54.6 Å². The molecule has 31 heavy (non-hydrogen) atoms. The first kappa shape index (κ1) is 21.5. The van der Waals surface area contributed by atoms with Gasteiger partial charge in [0.2, 0.25) is 11.8 Å². The molecule has 1 saturated heterocycles. The Morgan fingerprint density at radius 2 is 1.94 bits per heavy atom. The molecule has 1 aliphatic rings. The van der Waals surface area contributed by atoms with Crippen LogP contribution in [0.5, 0.6) is 0 Å². The molecule has 0 saturated carbocycles. The Hall–Kier alpha value is -2.77. The number of benzene rings is 2. The van der Waals surface area contributed by atoms with Gasteiger partial charge in [-0.15, -0.1) is 11.3 Å². The lowest BCUT2D eigenvalue weighted by Gasteiger charge is -2.46. The van der Waals surface area contributed by atoms with E-state index in [4.69, 9.17) is 0 Å². The van der Waals surface area contributed by atoms with E-state index >= 15 is 0 Å². The third-order valence-corrected chi connectivity index (χ3v) is 7.05. The van der Waals surface area contributed by atoms with Crippen molar-refractivity contribution in [1.29, 1.82) is 0 Å². The number of aromatic nitrogens is 1. The van der Waals surface area contributed by atoms with E-state index in [0.29, 0.717) is 32.2 Å². The van der Waals surface area contributed by atoms with Crippen molar-refractivity contribution in [2.75, 3.05) is 13.1 Å². The minimum Gasteiger partial charge on any atom is -0.388 e. The van der Waals surface area contributed by atoms with Gasteiger partial charge < -0.3 is 15.3 Å². The lowest BCUT2D eigenvalue weighted by molar-refractivity contribution is -0.138. The molecule has 6 nitrogen and oxygen atoms in total. The zero-order valence-electron chi connectivity index (χ0n) is 17.6. The third kappa shape index (κ3) is 4.48. The van der Waals surface area contributed by atoms with Crippen LogP contribution < -0.4 is 5.32 Å². The monoisotopic (exact) mass is 437 g/mol. The zero-order valence-corrected chi connectivity index (χ0v) is 18.4. The van der Waals surface area contributed by atoms with Crippen LogP contribution in [0, 0.1) is 0 Å². The van der Waals surface area contributed by atoms with Crippen molar-refractivity contribution in [2.24, 2.45) is 0 Å². The summed E-state index contributed by atoms with van der Waals surface area (Å²) in [5, 5.41) is 15.1. The Labute approximate surface area is 185 Å². The number of aliphatic hydroxyl groups is 1. The summed E-state index contributed by atoms with van der Waals surface area (Å²) in [7, 11) is 0. The Balaban J connectivity index is 1.44. The van der Waals surface area contributed by atoms with Crippen molar-refractivity contribution in [2.45, 2.75) is 44.2 Å². The van der Waals surface area contributed by atoms with Crippen LogP contribution in [0.2, 0.25) is 0 Å². The molecule has 0 bridgehead atoms. The minimum absolute atomic E-state index is 0.00165. The number of piperidine rings is 1. The topological polar surface area (TPSA) is 82.5 Å². The molecule has 2 atom stereocenters. The van der Waals surface area contributed by atoms with Gasteiger partial charge in [-0.3, -0.25) is 9.59 Å². The molecular weight excluding hydrogens is 410 g/mol. The van der Waals surface area contributed by atoms with Gasteiger partial charge in [0.05, 0.1) is 26.9 Å². The number of aryl methyl sites for hydroxylation is 1. The van der Waals surface area contributed by atoms with Gasteiger partial charge in [-0.2, -0.15) is 0 Å². The highest BCUT2D eigenvalue weighted by atomic mass is 32.1. The van der Waals surface area contributed by atoms with Gasteiger partial charge in [0, 0.05) is 32.4 Å². The van der Waals surface area contributed by atoms with E-state index in [2.05, 4.69) is 10.3 Å². The summed E-state index contributed by atoms with van der Waals surface area (Å²) in [6, 6.07) is 17.5. The van der Waals surface area contributed by atoms with Crippen molar-refractivity contribution >= 4 is 33.4 Å². The van der Waals surface area contributed by atoms with E-state index < -0.39 is 11.6 Å². The van der Waals surface area contributed by atoms with Gasteiger partial charge in [0.25, 0.3) is 0 Å². The number of hydrogen-bond acceptors (Lipinski definition) is 5. The summed E-state index contributed by atoms with van der Waals surface area (Å²) in [5.74, 6) is -0.111. The van der Waals surface area contributed by atoms with Crippen LogP contribution in [0.3, 0.4) is 0 Å². The summed E-state index contributed by atoms with van der Waals surface area (Å²) >= 11 is 1.61. The number of β-amino-alcohol motifs (C(OH)–C–C–N with tert-alkyl or cyclic N) is 1. The highest BCUT2D eigenvalue weighted by Crippen LogP contribution is 2.34. The minimum atomic E-state index is -0.884. The first-order chi connectivity index (χ1) is 15.0. The SMILES string of the molecule is CCC(=O)N[C@@]1(c2ccccc2)CCN(C(=O)CCc2nc3ccccc3s2)C[C@H]1O. The van der Waals surface area contributed by atoms with Crippen molar-refractivity contribution in [3.05, 3.63) is 65.2 Å². The molecule has 0 aliphatic carbocycles. The molecule has 0 spiro atoms. The molecule has 2 amide bonds. The summed E-state index contributed by atoms with van der Waals surface area (Å²) in [6.07, 6.45) is 0.863. The second kappa shape index (κ2) is 9.16. The fourth-order valence-electron chi connectivity index (χ4n) is 4.19. The normalized spacial score (nSPS) is 21.2. The molecule has 4 rings (SSSR count). The number of fused-ring (bicyclic) bond motifs is 1. The standard InChI is InChI=1S/C24H27N3O3S/c1-2-21(29)26-24(17-8-4-3-5-9-17)14-15-27(16-20(24)28)23(30)13-12-22-25-18-10-6-7-11-19(18)31-22/h3-11,20,28H,2,12-16H2,1H3,(H,26,29)/t20-,24-/m1/s1. The van der Waals surface area contributed by atoms with Gasteiger partial charge in [0.1, 0.15) is 0 Å². The number of likely N-dealkylation sites (tertiary alicyclic amines) is 1. The summed E-state index contributed by atoms with van der Waals surface area (Å²) < 4.78 is 1.12. The van der Waals surface area contributed by atoms with E-state index in [1.165, 1.54) is 0 Å². The van der Waals surface area contributed by atoms with Crippen LogP contribution in [0.25, 0.3) is 10.2 Å². The van der Waals surface area contributed by atoms with Crippen LogP contribution in [-0.2, 0) is 21.5 Å². The number of para-hydroxylation sites is 1. The average molecular weight is 438 g/mol. The molecule has 1 aliphatic heterocycles. The number of thiazole rings is 1. The van der Waals surface area contributed by atoms with Crippen molar-refractivity contribution in [3.8, 4) is 0 Å². The summed E-state index contributed by atoms with van der Waals surface area (Å²) in [4.78, 5) is 31.4. The molecule has 2 heterocycles. The fraction of sp³-hybridized carbons (Fsp3) is 0.375. The van der Waals surface area contributed by atoms with Gasteiger partial charge >= 0.3 is 0 Å². The van der Waals surface area contributed by atoms with Gasteiger partial charge in [-0.05, 0) is 24.1 Å². The first-order valence-corrected chi connectivity index (χ1v) is 11.5. The predicted molar refractivity (Wildman–Crippen MR) is 122 cm³/mol. The lowest BCUT2D eigenvalue weighted by Crippen LogP contribution is -2.62. The number of amides is 2. The summed E-state index contributed by atoms with van der Waals surface area (Å²) in [6.45, 7) is 2.47. The Morgan fingerprint density at radius 1 is 1.19 bits per heavy atom. The number of nitrogens with zero attached hydrogens (tertiary/aromatic N) is 2. The molecule has 7 heteroatoms. The Bertz CT molecular complexity index is 1040. The first-order valence-electron chi connectivity index (χ1n) is 10.7. The van der Waals surface area contributed by atoms with Crippen molar-refractivity contribution < 1.29 is 14.7 Å². The molecule has 2 aromatic carbocycles. The van der Waals surface area contributed by atoms with E-state index in [1.54, 1.807) is 23.2 Å². The van der Waals surface area contributed by atoms with E-state index in [1.807, 2.05) is 54.6 Å². The van der Waals surface area contributed by atoms with Crippen LogP contribution in [-0.4, -0.2) is 46.0 Å². The molecular formula is C24H27N3O3S. The molecule has 1 fully saturated rings. The number of rotatable bonds is 6. The third-order valence-electron chi connectivity index (χ3n) is 5.95. The molecule has 0 unspecified atom stereocenters. The number of hydrogen-bond donors (Lipinski definition) is 2. The van der Waals surface area contributed by atoms with Crippen LogP contribution in [0.4, 0.5) is 0 Å². The number of carbonyl (C=O) groups excluding carboxylic acids is 2. The van der Waals surface area contributed by atoms with Gasteiger partial charge in [-0.1, -0.05) is 49.4 Å². The van der Waals surface area contributed by atoms with Crippen molar-refractivity contribution in [3.63, 3.8) is 0 Å². The Morgan fingerprint density at radius 3 is 2.65 bits per heavy atom. The lowest BCUT2D eigenvalue weighted by atomic mass is 9.78. The highest BCUT2D eigenvalue weighted by Gasteiger charge is 2.45. The molecule has 1 aromatic heterocycles. The van der Waals surface area contributed by atoms with E-state index in [-0.39, 0.29) is 18.4 Å². The number of aliphatic hydroxyl groups excluding tert-OH is 1. The predicted octanol–water partition coefficient (Wildman–Crippen LogP) is 3.24. The second-order valence-electron chi connectivity index (χ2n) is 7.92. The largest absolute Gasteiger partial charge is 0.388 e. The van der Waals surface area contributed by atoms with E-state index in [9.17, 15) is 14.7 Å². The fourth-order valence-corrected chi connectivity index (χ4v) is 5.15. The van der Waals surface area contributed by atoms with E-state index in [0.717, 1.165) is 20.8 Å². The van der Waals surface area contributed by atoms with Crippen LogP contribution in [0.1, 0.15) is 36.8 Å². The summed E-state index contributed by atoms with van der Waals surface area (Å²) in [5.41, 5.74) is 0.951. The maximum atomic E-state index is 12.9. The maximum Gasteiger partial charge on any atom is 0.223 e. The van der Waals surface area contributed by atoms with Crippen molar-refractivity contribution in [1.82, 2.24) is 15.2 Å². The number of carbonyl (C=O) groups is 2. The van der Waals surface area contributed by atoms with Gasteiger partial charge in [0.15, 0.2) is 0 Å². The van der Waals surface area contributed by atoms with Crippen LogP contribution >= 0.6 is 11.3 Å². The maximum absolute atomic E-state index is 12.9. The smallest absolute Gasteiger partial charge is 0.223 e. The zero-order chi connectivity index (χ0) is 21.8. The average Bonchev–Trinajstić information content (AvgIpc) is 3.22. The van der Waals surface area contributed by atoms with Gasteiger partial charge in [-0.25, -0.2) is 4.98 Å². The molecule has 162 valence electrons. The second-order valence-corrected chi connectivity index (χ2v) is 9.04. The molecule has 0 radical (unpaired) electrons. The molecule has 2 N–H and O–H groups in total. The Kier molecular flexibility index (Phi) is 6.34.